The third-order valence-corrected chi connectivity index (χ3v) is 4.92. The molecule has 2 aromatic heterocycles. The summed E-state index contributed by atoms with van der Waals surface area (Å²) < 4.78 is 29.6. The molecule has 0 aliphatic rings. The molecule has 1 N–H and O–H groups in total. The van der Waals surface area contributed by atoms with Crippen molar-refractivity contribution < 1.29 is 8.42 Å². The first kappa shape index (κ1) is 14.3. The molecule has 8 heteroatoms. The van der Waals surface area contributed by atoms with Gasteiger partial charge in [0.1, 0.15) is 10.7 Å². The lowest BCUT2D eigenvalue weighted by molar-refractivity contribution is 0.599. The van der Waals surface area contributed by atoms with E-state index in [4.69, 9.17) is 0 Å². The minimum atomic E-state index is -3.66. The Morgan fingerprint density at radius 3 is 2.47 bits per heavy atom. The van der Waals surface area contributed by atoms with E-state index in [1.54, 1.807) is 43.9 Å². The Kier molecular flexibility index (Phi) is 3.81. The van der Waals surface area contributed by atoms with Crippen molar-refractivity contribution in [2.24, 2.45) is 7.05 Å². The van der Waals surface area contributed by atoms with Gasteiger partial charge in [-0.05, 0) is 48.6 Å². The SMILES string of the molecule is Cc1nn(C)c(C)c1S(=O)(=O)Nc1ccc(I)cn1. The van der Waals surface area contributed by atoms with Gasteiger partial charge >= 0.3 is 0 Å². The largest absolute Gasteiger partial charge is 0.271 e. The van der Waals surface area contributed by atoms with Crippen LogP contribution in [0.4, 0.5) is 5.82 Å². The number of halogens is 1. The maximum atomic E-state index is 12.3. The predicted octanol–water partition coefficient (Wildman–Crippen LogP) is 1.84. The van der Waals surface area contributed by atoms with E-state index < -0.39 is 10.0 Å². The highest BCUT2D eigenvalue weighted by Gasteiger charge is 2.24. The summed E-state index contributed by atoms with van der Waals surface area (Å²) in [6, 6.07) is 3.41. The fourth-order valence-corrected chi connectivity index (χ4v) is 3.54. The lowest BCUT2D eigenvalue weighted by atomic mass is 10.4. The zero-order valence-electron chi connectivity index (χ0n) is 10.7. The minimum absolute atomic E-state index is 0.204. The third kappa shape index (κ3) is 2.89. The van der Waals surface area contributed by atoms with E-state index in [1.807, 2.05) is 0 Å². The first-order valence-corrected chi connectivity index (χ1v) is 8.02. The van der Waals surface area contributed by atoms with E-state index in [-0.39, 0.29) is 4.90 Å². The van der Waals surface area contributed by atoms with E-state index in [0.717, 1.165) is 3.57 Å². The number of nitrogens with one attached hydrogen (secondary N) is 1. The summed E-state index contributed by atoms with van der Waals surface area (Å²) in [6.07, 6.45) is 1.60. The number of anilines is 1. The van der Waals surface area contributed by atoms with Crippen LogP contribution in [0.25, 0.3) is 0 Å². The highest BCUT2D eigenvalue weighted by atomic mass is 127. The van der Waals surface area contributed by atoms with Crippen LogP contribution in [0.3, 0.4) is 0 Å². The normalized spacial score (nSPS) is 11.6. The van der Waals surface area contributed by atoms with Gasteiger partial charge in [0.05, 0.1) is 11.4 Å². The average molecular weight is 392 g/mol. The number of aromatic nitrogens is 3. The molecule has 0 bridgehead atoms. The number of hydrogen-bond acceptors (Lipinski definition) is 4. The quantitative estimate of drug-likeness (QED) is 0.809. The summed E-state index contributed by atoms with van der Waals surface area (Å²) in [4.78, 5) is 4.23. The second-order valence-corrected chi connectivity index (χ2v) is 6.96. The lowest BCUT2D eigenvalue weighted by Crippen LogP contribution is -2.15. The van der Waals surface area contributed by atoms with Crippen LogP contribution in [0, 0.1) is 17.4 Å². The zero-order valence-corrected chi connectivity index (χ0v) is 13.7. The van der Waals surface area contributed by atoms with Crippen LogP contribution >= 0.6 is 22.6 Å². The van der Waals surface area contributed by atoms with Gasteiger partial charge in [0, 0.05) is 16.8 Å². The van der Waals surface area contributed by atoms with Crippen LogP contribution in [0.1, 0.15) is 11.4 Å². The van der Waals surface area contributed by atoms with Crippen LogP contribution in [0.2, 0.25) is 0 Å². The van der Waals surface area contributed by atoms with Crippen molar-refractivity contribution in [1.82, 2.24) is 14.8 Å². The van der Waals surface area contributed by atoms with Crippen molar-refractivity contribution in [2.75, 3.05) is 4.72 Å². The van der Waals surface area contributed by atoms with Gasteiger partial charge < -0.3 is 0 Å². The molecular formula is C11H13IN4O2S. The van der Waals surface area contributed by atoms with Crippen LogP contribution in [0.5, 0.6) is 0 Å². The molecule has 0 spiro atoms. The Bertz CT molecular complexity index is 707. The highest BCUT2D eigenvalue weighted by molar-refractivity contribution is 14.1. The minimum Gasteiger partial charge on any atom is -0.271 e. The van der Waals surface area contributed by atoms with Gasteiger partial charge in [0.2, 0.25) is 0 Å². The third-order valence-electron chi connectivity index (χ3n) is 2.68. The molecule has 0 radical (unpaired) electrons. The molecule has 0 aliphatic carbocycles. The Hall–Kier alpha value is -1.16. The van der Waals surface area contributed by atoms with E-state index in [2.05, 4.69) is 37.4 Å². The number of sulfonamides is 1. The Labute approximate surface area is 125 Å². The summed E-state index contributed by atoms with van der Waals surface area (Å²) in [6.45, 7) is 3.39. The van der Waals surface area contributed by atoms with Gasteiger partial charge in [0.15, 0.2) is 0 Å². The summed E-state index contributed by atoms with van der Waals surface area (Å²) in [5.74, 6) is 0.295. The van der Waals surface area contributed by atoms with Crippen molar-refractivity contribution in [3.8, 4) is 0 Å². The molecule has 0 fully saturated rings. The molecule has 0 saturated heterocycles. The molecule has 19 heavy (non-hydrogen) atoms. The van der Waals surface area contributed by atoms with E-state index in [9.17, 15) is 8.42 Å². The first-order valence-electron chi connectivity index (χ1n) is 5.46. The van der Waals surface area contributed by atoms with Gasteiger partial charge in [-0.1, -0.05) is 0 Å². The molecule has 0 atom stereocenters. The maximum absolute atomic E-state index is 12.3. The van der Waals surface area contributed by atoms with Crippen molar-refractivity contribution in [1.29, 1.82) is 0 Å². The van der Waals surface area contributed by atoms with Gasteiger partial charge in [-0.3, -0.25) is 9.40 Å². The van der Waals surface area contributed by atoms with Crippen molar-refractivity contribution in [3.63, 3.8) is 0 Å². The molecule has 0 aromatic carbocycles. The standard InChI is InChI=1S/C11H13IN4O2S/c1-7-11(8(2)16(3)14-7)19(17,18)15-10-5-4-9(12)6-13-10/h4-6H,1-3H3,(H,13,15). The summed E-state index contributed by atoms with van der Waals surface area (Å²) >= 11 is 2.11. The van der Waals surface area contributed by atoms with Crippen molar-refractivity contribution in [3.05, 3.63) is 33.3 Å². The molecule has 2 heterocycles. The maximum Gasteiger partial charge on any atom is 0.266 e. The van der Waals surface area contributed by atoms with Crippen LogP contribution in [0.15, 0.2) is 23.2 Å². The summed E-state index contributed by atoms with van der Waals surface area (Å²) in [7, 11) is -1.95. The highest BCUT2D eigenvalue weighted by Crippen LogP contribution is 2.21. The molecule has 102 valence electrons. The molecule has 6 nitrogen and oxygen atoms in total. The molecule has 0 unspecified atom stereocenters. The fourth-order valence-electron chi connectivity index (χ4n) is 1.77. The number of hydrogen-bond donors (Lipinski definition) is 1. The number of nitrogens with zero attached hydrogens (tertiary/aromatic N) is 3. The van der Waals surface area contributed by atoms with Crippen LogP contribution in [-0.4, -0.2) is 23.2 Å². The Morgan fingerprint density at radius 1 is 1.32 bits per heavy atom. The average Bonchev–Trinajstić information content (AvgIpc) is 2.56. The van der Waals surface area contributed by atoms with Crippen LogP contribution < -0.4 is 4.72 Å². The van der Waals surface area contributed by atoms with Gasteiger partial charge in [-0.15, -0.1) is 0 Å². The van der Waals surface area contributed by atoms with Crippen LogP contribution in [-0.2, 0) is 17.1 Å². The second-order valence-electron chi connectivity index (χ2n) is 4.09. The molecule has 2 aromatic rings. The van der Waals surface area contributed by atoms with E-state index >= 15 is 0 Å². The topological polar surface area (TPSA) is 76.9 Å². The fraction of sp³-hybridized carbons (Fsp3) is 0.273. The van der Waals surface area contributed by atoms with Crippen molar-refractivity contribution >= 4 is 38.4 Å². The summed E-state index contributed by atoms with van der Waals surface area (Å²) in [5, 5.41) is 4.11. The lowest BCUT2D eigenvalue weighted by Gasteiger charge is -2.07. The molecule has 0 saturated carbocycles. The van der Waals surface area contributed by atoms with Gasteiger partial charge in [0.25, 0.3) is 10.0 Å². The number of rotatable bonds is 3. The van der Waals surface area contributed by atoms with Gasteiger partial charge in [-0.2, -0.15) is 5.10 Å². The summed E-state index contributed by atoms with van der Waals surface area (Å²) in [5.41, 5.74) is 1.06. The second kappa shape index (κ2) is 5.08. The Morgan fingerprint density at radius 2 is 2.00 bits per heavy atom. The predicted molar refractivity (Wildman–Crippen MR) is 80.4 cm³/mol. The molecule has 2 rings (SSSR count). The monoisotopic (exact) mass is 392 g/mol. The van der Waals surface area contributed by atoms with E-state index in [1.165, 1.54) is 0 Å². The number of pyridine rings is 1. The first-order chi connectivity index (χ1) is 8.81. The molecule has 0 amide bonds. The van der Waals surface area contributed by atoms with Crippen molar-refractivity contribution in [2.45, 2.75) is 18.7 Å². The zero-order chi connectivity index (χ0) is 14.2. The van der Waals surface area contributed by atoms with Gasteiger partial charge in [-0.25, -0.2) is 13.4 Å². The smallest absolute Gasteiger partial charge is 0.266 e. The number of aryl methyl sites for hydroxylation is 2. The Balaban J connectivity index is 2.40. The molecular weight excluding hydrogens is 379 g/mol. The molecule has 0 aliphatic heterocycles. The van der Waals surface area contributed by atoms with E-state index in [0.29, 0.717) is 17.2 Å².